The quantitative estimate of drug-likeness (QED) is 0.236. The number of piperidine rings is 2. The number of para-hydroxylation sites is 1. The summed E-state index contributed by atoms with van der Waals surface area (Å²) in [6, 6.07) is 12.3. The lowest BCUT2D eigenvalue weighted by molar-refractivity contribution is -0.309. The number of nitrogens with one attached hydrogen (secondary N) is 1. The van der Waals surface area contributed by atoms with E-state index < -0.39 is 49.1 Å². The van der Waals surface area contributed by atoms with E-state index in [1.165, 1.54) is 35.1 Å². The molecule has 0 atom stereocenters. The Bertz CT molecular complexity index is 1970. The summed E-state index contributed by atoms with van der Waals surface area (Å²) in [7, 11) is 0. The predicted octanol–water partition coefficient (Wildman–Crippen LogP) is 11.8. The number of carbonyl (C=O) groups is 3. The smallest absolute Gasteiger partial charge is 0.426 e. The monoisotopic (exact) mass is 972 g/mol. The van der Waals surface area contributed by atoms with Crippen molar-refractivity contribution in [2.24, 2.45) is 5.41 Å². The number of amides is 2. The number of hydrogen-bond donors (Lipinski definition) is 1. The van der Waals surface area contributed by atoms with E-state index in [2.05, 4.69) is 37.9 Å². The van der Waals surface area contributed by atoms with Gasteiger partial charge >= 0.3 is 36.9 Å². The third-order valence-electron chi connectivity index (χ3n) is 14.1. The number of fused-ring (bicyclic) bond motifs is 2. The molecule has 2 aromatic rings. The van der Waals surface area contributed by atoms with Crippen molar-refractivity contribution in [2.45, 2.75) is 152 Å². The first-order chi connectivity index (χ1) is 31.4. The summed E-state index contributed by atoms with van der Waals surface area (Å²) in [5.41, 5.74) is 7.09. The zero-order valence-electron chi connectivity index (χ0n) is 36.9. The number of likely N-dealkylation sites (tertiary alicyclic amines) is 3. The van der Waals surface area contributed by atoms with Crippen LogP contribution in [0.15, 0.2) is 36.4 Å². The molecule has 21 heteroatoms. The number of benzene rings is 2. The number of alkyl halides is 12. The minimum Gasteiger partial charge on any atom is -0.426 e. The Hall–Kier alpha value is -4.43. The lowest BCUT2D eigenvalue weighted by Crippen LogP contribution is -2.54. The van der Waals surface area contributed by atoms with Crippen molar-refractivity contribution in [1.82, 2.24) is 14.7 Å². The second-order valence-corrected chi connectivity index (χ2v) is 18.4. The Morgan fingerprint density at radius 1 is 0.597 bits per heavy atom. The highest BCUT2D eigenvalue weighted by Gasteiger charge is 2.61. The van der Waals surface area contributed by atoms with E-state index in [-0.39, 0.29) is 37.1 Å². The van der Waals surface area contributed by atoms with Crippen molar-refractivity contribution >= 4 is 24.2 Å². The molecule has 4 heterocycles. The molecule has 67 heavy (non-hydrogen) atoms. The van der Waals surface area contributed by atoms with Crippen molar-refractivity contribution in [2.75, 3.05) is 44.6 Å². The van der Waals surface area contributed by atoms with Crippen LogP contribution in [0, 0.1) is 5.41 Å². The number of anilines is 1. The lowest BCUT2D eigenvalue weighted by Gasteiger charge is -2.45. The van der Waals surface area contributed by atoms with Crippen LogP contribution in [0.3, 0.4) is 0 Å². The van der Waals surface area contributed by atoms with E-state index in [0.29, 0.717) is 32.2 Å². The minimum atomic E-state index is -5.71. The van der Waals surface area contributed by atoms with Gasteiger partial charge < -0.3 is 24.6 Å². The first kappa shape index (κ1) is 52.0. The topological polar surface area (TPSA) is 91.4 Å². The highest BCUT2D eigenvalue weighted by atomic mass is 19.4. The maximum atomic E-state index is 12.7. The highest BCUT2D eigenvalue weighted by molar-refractivity contribution is 5.78. The molecule has 0 radical (unpaired) electrons. The number of nitrogens with zero attached hydrogens (tertiary/aromatic N) is 3. The van der Waals surface area contributed by atoms with Gasteiger partial charge in [-0.1, -0.05) is 49.2 Å². The SMILES string of the molecule is O=C(OC(C(F)(F)F)C(F)(F)F)N1CCC2(CCCC2)CC1.O=C(OC(C(F)(F)F)C(F)(F)F)N1CCC2(CCCN2Cc2cccc3c2NCCC3)CC1.O=Cc1cccc2c1CCCC2. The van der Waals surface area contributed by atoms with E-state index in [0.717, 1.165) is 105 Å². The van der Waals surface area contributed by atoms with Crippen molar-refractivity contribution in [3.8, 4) is 0 Å². The van der Waals surface area contributed by atoms with Crippen molar-refractivity contribution in [1.29, 1.82) is 0 Å². The minimum absolute atomic E-state index is 0.0584. The zero-order valence-corrected chi connectivity index (χ0v) is 36.9. The molecule has 2 aliphatic carbocycles. The first-order valence-electron chi connectivity index (χ1n) is 22.8. The number of ether oxygens (including phenoxy) is 2. The molecule has 0 aromatic heterocycles. The van der Waals surface area contributed by atoms with Crippen LogP contribution in [0.1, 0.15) is 116 Å². The molecular formula is C46H56F12N4O5. The Morgan fingerprint density at radius 3 is 1.66 bits per heavy atom. The van der Waals surface area contributed by atoms with E-state index in [1.54, 1.807) is 0 Å². The fourth-order valence-electron chi connectivity index (χ4n) is 10.5. The van der Waals surface area contributed by atoms with Crippen LogP contribution in [0.5, 0.6) is 0 Å². The maximum Gasteiger partial charge on any atom is 0.434 e. The summed E-state index contributed by atoms with van der Waals surface area (Å²) < 4.78 is 158. The molecule has 8 rings (SSSR count). The molecule has 9 nitrogen and oxygen atoms in total. The number of aryl methyl sites for hydroxylation is 2. The third kappa shape index (κ3) is 13.0. The molecule has 4 fully saturated rings. The molecular weight excluding hydrogens is 917 g/mol. The largest absolute Gasteiger partial charge is 0.434 e. The van der Waals surface area contributed by atoms with Crippen LogP contribution >= 0.6 is 0 Å². The Balaban J connectivity index is 0.000000186. The molecule has 0 bridgehead atoms. The number of hydrogen-bond acceptors (Lipinski definition) is 7. The molecule has 3 saturated heterocycles. The average Bonchev–Trinajstić information content (AvgIpc) is 3.89. The second-order valence-electron chi connectivity index (χ2n) is 18.4. The van der Waals surface area contributed by atoms with Gasteiger partial charge in [0.05, 0.1) is 0 Å². The fraction of sp³-hybridized carbons (Fsp3) is 0.674. The number of rotatable bonds is 5. The fourth-order valence-corrected chi connectivity index (χ4v) is 10.5. The lowest BCUT2D eigenvalue weighted by atomic mass is 9.77. The molecule has 1 N–H and O–H groups in total. The van der Waals surface area contributed by atoms with Gasteiger partial charge in [-0.15, -0.1) is 0 Å². The molecule has 1 saturated carbocycles. The Labute approximate surface area is 380 Å². The summed E-state index contributed by atoms with van der Waals surface area (Å²) in [5.74, 6) is 0. The van der Waals surface area contributed by atoms with Crippen LogP contribution in [0.4, 0.5) is 68.0 Å². The zero-order chi connectivity index (χ0) is 48.8. The van der Waals surface area contributed by atoms with Crippen molar-refractivity contribution < 1.29 is 76.5 Å². The Morgan fingerprint density at radius 2 is 1.10 bits per heavy atom. The van der Waals surface area contributed by atoms with E-state index >= 15 is 0 Å². The number of aldehydes is 1. The summed E-state index contributed by atoms with van der Waals surface area (Å²) in [6.45, 7) is 2.89. The molecule has 4 aliphatic heterocycles. The molecule has 374 valence electrons. The van der Waals surface area contributed by atoms with E-state index in [9.17, 15) is 67.1 Å². The maximum absolute atomic E-state index is 12.7. The Kier molecular flexibility index (Phi) is 16.3. The van der Waals surface area contributed by atoms with Crippen LogP contribution < -0.4 is 5.32 Å². The van der Waals surface area contributed by atoms with Gasteiger partial charge in [0, 0.05) is 56.1 Å². The van der Waals surface area contributed by atoms with Crippen molar-refractivity contribution in [3.05, 3.63) is 64.2 Å². The summed E-state index contributed by atoms with van der Waals surface area (Å²) in [6.07, 6.45) is -18.1. The van der Waals surface area contributed by atoms with Gasteiger partial charge in [-0.05, 0) is 124 Å². The summed E-state index contributed by atoms with van der Waals surface area (Å²) in [5, 5.41) is 3.48. The average molecular weight is 973 g/mol. The van der Waals surface area contributed by atoms with Gasteiger partial charge in [-0.2, -0.15) is 52.7 Å². The number of halogens is 12. The van der Waals surface area contributed by atoms with Gasteiger partial charge in [0.15, 0.2) is 0 Å². The standard InChI is InChI=1S/C22H27F6N3O2.C13H17F6NO2.C11H12O/c23-21(24,25)18(22(26,27)28)33-19(32)30-12-8-20(9-13-30)7-3-11-31(20)14-16-5-1-4-15-6-2-10-29-17(15)16;14-12(15,16)9(13(17,18)19)22-10(21)20-7-5-11(6-8-20)3-1-2-4-11;12-8-10-6-3-5-9-4-1-2-7-11(9)10/h1,4-5,18,29H,2-3,6-14H2;9H,1-8H2;3,5-6,8H,1-2,4,7H2. The van der Waals surface area contributed by atoms with Crippen molar-refractivity contribution in [3.63, 3.8) is 0 Å². The molecule has 0 unspecified atom stereocenters. The van der Waals surface area contributed by atoms with Gasteiger partial charge in [-0.25, -0.2) is 9.59 Å². The van der Waals surface area contributed by atoms with Crippen LogP contribution in [-0.2, 0) is 35.3 Å². The van der Waals surface area contributed by atoms with Gasteiger partial charge in [0.2, 0.25) is 0 Å². The second kappa shape index (κ2) is 21.1. The molecule has 2 amide bonds. The summed E-state index contributed by atoms with van der Waals surface area (Å²) >= 11 is 0. The number of carbonyl (C=O) groups excluding carboxylic acids is 3. The predicted molar refractivity (Wildman–Crippen MR) is 221 cm³/mol. The highest BCUT2D eigenvalue weighted by Crippen LogP contribution is 2.47. The van der Waals surface area contributed by atoms with Gasteiger partial charge in [-0.3, -0.25) is 9.69 Å². The first-order valence-corrected chi connectivity index (χ1v) is 22.8. The molecule has 6 aliphatic rings. The molecule has 2 spiro atoms. The van der Waals surface area contributed by atoms with E-state index in [1.807, 2.05) is 18.2 Å². The van der Waals surface area contributed by atoms with Crippen LogP contribution in [0.25, 0.3) is 0 Å². The van der Waals surface area contributed by atoms with Gasteiger partial charge in [0.25, 0.3) is 12.2 Å². The molecule has 2 aromatic carbocycles. The van der Waals surface area contributed by atoms with Crippen LogP contribution in [-0.4, -0.2) is 115 Å². The normalized spacial score (nSPS) is 20.6. The van der Waals surface area contributed by atoms with Crippen LogP contribution in [0.2, 0.25) is 0 Å². The van der Waals surface area contributed by atoms with Gasteiger partial charge in [0.1, 0.15) is 6.29 Å². The third-order valence-corrected chi connectivity index (χ3v) is 14.1. The summed E-state index contributed by atoms with van der Waals surface area (Å²) in [4.78, 5) is 38.7. The van der Waals surface area contributed by atoms with E-state index in [4.69, 9.17) is 0 Å².